The van der Waals surface area contributed by atoms with Crippen molar-refractivity contribution in [2.75, 3.05) is 5.75 Å². The zero-order valence-corrected chi connectivity index (χ0v) is 9.47. The Morgan fingerprint density at radius 3 is 2.08 bits per heavy atom. The first-order valence-corrected chi connectivity index (χ1v) is 6.61. The van der Waals surface area contributed by atoms with E-state index < -0.39 is 10.0 Å². The molecule has 0 unspecified atom stereocenters. The highest BCUT2D eigenvalue weighted by molar-refractivity contribution is 7.89. The first kappa shape index (κ1) is 11.0. The van der Waals surface area contributed by atoms with Crippen LogP contribution < -0.4 is 0 Å². The van der Waals surface area contributed by atoms with Gasteiger partial charge < -0.3 is 0 Å². The van der Waals surface area contributed by atoms with Crippen LogP contribution in [0, 0.1) is 0 Å². The van der Waals surface area contributed by atoms with Gasteiger partial charge in [0.2, 0.25) is 10.0 Å². The SMILES string of the molecule is CCS(=O)(=O)N1[C@H](C)CCC[C@@H]1C. The van der Waals surface area contributed by atoms with Crippen molar-refractivity contribution in [2.24, 2.45) is 0 Å². The summed E-state index contributed by atoms with van der Waals surface area (Å²) in [6.45, 7) is 5.72. The topological polar surface area (TPSA) is 37.4 Å². The van der Waals surface area contributed by atoms with Crippen LogP contribution in [-0.4, -0.2) is 30.6 Å². The molecule has 2 atom stereocenters. The van der Waals surface area contributed by atoms with Crippen molar-refractivity contribution in [2.45, 2.75) is 52.1 Å². The fourth-order valence-electron chi connectivity index (χ4n) is 2.09. The third kappa shape index (κ3) is 2.23. The van der Waals surface area contributed by atoms with E-state index in [1.165, 1.54) is 0 Å². The molecule has 0 aromatic rings. The third-order valence-electron chi connectivity index (χ3n) is 2.80. The molecule has 1 aliphatic rings. The molecule has 0 saturated carbocycles. The third-order valence-corrected chi connectivity index (χ3v) is 4.89. The second-order valence-electron chi connectivity index (χ2n) is 3.86. The van der Waals surface area contributed by atoms with Crippen molar-refractivity contribution in [1.82, 2.24) is 4.31 Å². The molecule has 0 amide bonds. The first-order chi connectivity index (χ1) is 5.99. The Morgan fingerprint density at radius 1 is 1.23 bits per heavy atom. The Bertz CT molecular complexity index is 251. The fraction of sp³-hybridized carbons (Fsp3) is 1.00. The first-order valence-electron chi connectivity index (χ1n) is 5.00. The van der Waals surface area contributed by atoms with Crippen LogP contribution in [0.3, 0.4) is 0 Å². The number of sulfonamides is 1. The van der Waals surface area contributed by atoms with E-state index in [-0.39, 0.29) is 17.8 Å². The fourth-order valence-corrected chi connectivity index (χ4v) is 3.70. The molecule has 0 radical (unpaired) electrons. The van der Waals surface area contributed by atoms with Gasteiger partial charge in [0.25, 0.3) is 0 Å². The Kier molecular flexibility index (Phi) is 3.35. The van der Waals surface area contributed by atoms with E-state index in [1.807, 2.05) is 13.8 Å². The lowest BCUT2D eigenvalue weighted by Crippen LogP contribution is -2.47. The summed E-state index contributed by atoms with van der Waals surface area (Å²) in [4.78, 5) is 0. The van der Waals surface area contributed by atoms with Crippen LogP contribution in [0.4, 0.5) is 0 Å². The average molecular weight is 205 g/mol. The Labute approximate surface area is 81.2 Å². The minimum absolute atomic E-state index is 0.189. The molecule has 1 aliphatic heterocycles. The standard InChI is InChI=1S/C9H19NO2S/c1-4-13(11,12)10-8(2)6-5-7-9(10)3/h8-9H,4-7H2,1-3H3/t8-,9+. The van der Waals surface area contributed by atoms with E-state index in [4.69, 9.17) is 0 Å². The van der Waals surface area contributed by atoms with Crippen LogP contribution in [0.2, 0.25) is 0 Å². The van der Waals surface area contributed by atoms with Gasteiger partial charge in [0.1, 0.15) is 0 Å². The largest absolute Gasteiger partial charge is 0.214 e. The quantitative estimate of drug-likeness (QED) is 0.686. The van der Waals surface area contributed by atoms with Crippen LogP contribution in [0.5, 0.6) is 0 Å². The van der Waals surface area contributed by atoms with Gasteiger partial charge in [-0.05, 0) is 33.6 Å². The summed E-state index contributed by atoms with van der Waals surface area (Å²) in [6.07, 6.45) is 3.16. The molecule has 78 valence electrons. The van der Waals surface area contributed by atoms with Gasteiger partial charge in [0.05, 0.1) is 5.75 Å². The molecule has 1 rings (SSSR count). The van der Waals surface area contributed by atoms with Crippen LogP contribution in [-0.2, 0) is 10.0 Å². The minimum atomic E-state index is -2.99. The number of hydrogen-bond acceptors (Lipinski definition) is 2. The Balaban J connectivity index is 2.86. The summed E-state index contributed by atoms with van der Waals surface area (Å²) in [5.41, 5.74) is 0. The molecule has 4 heteroatoms. The molecule has 1 heterocycles. The summed E-state index contributed by atoms with van der Waals surface area (Å²) >= 11 is 0. The van der Waals surface area contributed by atoms with Gasteiger partial charge in [-0.3, -0.25) is 0 Å². The van der Waals surface area contributed by atoms with Crippen molar-refractivity contribution in [1.29, 1.82) is 0 Å². The molecule has 0 aromatic heterocycles. The zero-order chi connectivity index (χ0) is 10.1. The molecule has 1 fully saturated rings. The molecule has 0 aromatic carbocycles. The van der Waals surface area contributed by atoms with Gasteiger partial charge in [-0.1, -0.05) is 6.42 Å². The maximum absolute atomic E-state index is 11.7. The summed E-state index contributed by atoms with van der Waals surface area (Å²) in [7, 11) is -2.99. The van der Waals surface area contributed by atoms with Crippen molar-refractivity contribution >= 4 is 10.0 Å². The van der Waals surface area contributed by atoms with Crippen molar-refractivity contribution in [3.05, 3.63) is 0 Å². The molecule has 13 heavy (non-hydrogen) atoms. The van der Waals surface area contributed by atoms with Crippen molar-refractivity contribution in [3.8, 4) is 0 Å². The lowest BCUT2D eigenvalue weighted by molar-refractivity contribution is 0.204. The molecule has 0 spiro atoms. The van der Waals surface area contributed by atoms with Gasteiger partial charge in [-0.2, -0.15) is 4.31 Å². The predicted molar refractivity (Wildman–Crippen MR) is 54.1 cm³/mol. The van der Waals surface area contributed by atoms with Gasteiger partial charge in [-0.15, -0.1) is 0 Å². The predicted octanol–water partition coefficient (Wildman–Crippen LogP) is 1.60. The smallest absolute Gasteiger partial charge is 0.212 e. The molecule has 0 N–H and O–H groups in total. The summed E-state index contributed by atoms with van der Waals surface area (Å²) < 4.78 is 25.1. The molecular formula is C9H19NO2S. The number of nitrogens with zero attached hydrogens (tertiary/aromatic N) is 1. The van der Waals surface area contributed by atoms with Crippen LogP contribution >= 0.6 is 0 Å². The van der Waals surface area contributed by atoms with E-state index in [0.29, 0.717) is 0 Å². The van der Waals surface area contributed by atoms with E-state index in [9.17, 15) is 8.42 Å². The average Bonchev–Trinajstić information content (AvgIpc) is 2.03. The van der Waals surface area contributed by atoms with Gasteiger partial charge in [0, 0.05) is 12.1 Å². The molecule has 0 aliphatic carbocycles. The molecule has 3 nitrogen and oxygen atoms in total. The molecular weight excluding hydrogens is 186 g/mol. The van der Waals surface area contributed by atoms with Crippen molar-refractivity contribution in [3.63, 3.8) is 0 Å². The summed E-state index contributed by atoms with van der Waals surface area (Å²) in [6, 6.07) is 0.377. The number of rotatable bonds is 2. The molecule has 0 bridgehead atoms. The lowest BCUT2D eigenvalue weighted by atomic mass is 10.0. The Morgan fingerprint density at radius 2 is 1.69 bits per heavy atom. The minimum Gasteiger partial charge on any atom is -0.212 e. The maximum atomic E-state index is 11.7. The van der Waals surface area contributed by atoms with Crippen molar-refractivity contribution < 1.29 is 8.42 Å². The zero-order valence-electron chi connectivity index (χ0n) is 8.66. The van der Waals surface area contributed by atoms with Gasteiger partial charge in [-0.25, -0.2) is 8.42 Å². The summed E-state index contributed by atoms with van der Waals surface area (Å²) in [5, 5.41) is 0. The van der Waals surface area contributed by atoms with E-state index in [0.717, 1.165) is 19.3 Å². The second kappa shape index (κ2) is 3.96. The summed E-state index contributed by atoms with van der Waals surface area (Å²) in [5.74, 6) is 0.224. The molecule has 1 saturated heterocycles. The number of hydrogen-bond donors (Lipinski definition) is 0. The highest BCUT2D eigenvalue weighted by Crippen LogP contribution is 2.25. The van der Waals surface area contributed by atoms with Crippen LogP contribution in [0.1, 0.15) is 40.0 Å². The number of piperidine rings is 1. The second-order valence-corrected chi connectivity index (χ2v) is 6.02. The van der Waals surface area contributed by atoms with E-state index >= 15 is 0 Å². The van der Waals surface area contributed by atoms with Crippen LogP contribution in [0.15, 0.2) is 0 Å². The van der Waals surface area contributed by atoms with E-state index in [1.54, 1.807) is 11.2 Å². The highest BCUT2D eigenvalue weighted by atomic mass is 32.2. The monoisotopic (exact) mass is 205 g/mol. The van der Waals surface area contributed by atoms with E-state index in [2.05, 4.69) is 0 Å². The van der Waals surface area contributed by atoms with Gasteiger partial charge >= 0.3 is 0 Å². The van der Waals surface area contributed by atoms with Crippen LogP contribution in [0.25, 0.3) is 0 Å². The lowest BCUT2D eigenvalue weighted by Gasteiger charge is -2.37. The van der Waals surface area contributed by atoms with Gasteiger partial charge in [0.15, 0.2) is 0 Å². The highest BCUT2D eigenvalue weighted by Gasteiger charge is 2.32. The Hall–Kier alpha value is -0.0900. The normalized spacial score (nSPS) is 31.9. The maximum Gasteiger partial charge on any atom is 0.214 e.